The summed E-state index contributed by atoms with van der Waals surface area (Å²) in [6, 6.07) is 4.29. The van der Waals surface area contributed by atoms with Crippen molar-refractivity contribution in [3.63, 3.8) is 0 Å². The van der Waals surface area contributed by atoms with Gasteiger partial charge in [-0.2, -0.15) is 0 Å². The Labute approximate surface area is 161 Å². The Kier molecular flexibility index (Phi) is 5.60. The van der Waals surface area contributed by atoms with Crippen LogP contribution in [0, 0.1) is 11.7 Å². The van der Waals surface area contributed by atoms with Gasteiger partial charge in [-0.1, -0.05) is 13.8 Å². The Morgan fingerprint density at radius 2 is 2.04 bits per heavy atom. The van der Waals surface area contributed by atoms with E-state index in [1.165, 1.54) is 12.1 Å². The quantitative estimate of drug-likeness (QED) is 0.603. The fourth-order valence-corrected chi connectivity index (χ4v) is 3.31. The normalized spacial score (nSPS) is 14.0. The third-order valence-corrected chi connectivity index (χ3v) is 4.30. The standard InChI is InChI=1S/C20H23F3N4O/c1-11(2)7-20(3,24)10-28-16-5-4-15(27-17(16)18(22)23)14-9-26-19-13(14)6-12(21)8-25-19/h4-6,8-9,11,18H,7,10,24H2,1-3H3,(H,25,26). The van der Waals surface area contributed by atoms with E-state index < -0.39 is 23.5 Å². The van der Waals surface area contributed by atoms with Crippen molar-refractivity contribution in [3.05, 3.63) is 42.1 Å². The van der Waals surface area contributed by atoms with E-state index in [0.717, 1.165) is 6.20 Å². The highest BCUT2D eigenvalue weighted by atomic mass is 19.3. The summed E-state index contributed by atoms with van der Waals surface area (Å²) in [5, 5.41) is 0.466. The minimum Gasteiger partial charge on any atom is -0.490 e. The van der Waals surface area contributed by atoms with Gasteiger partial charge in [-0.05, 0) is 37.5 Å². The Morgan fingerprint density at radius 3 is 2.71 bits per heavy atom. The maximum Gasteiger partial charge on any atom is 0.284 e. The number of rotatable bonds is 7. The molecule has 0 aliphatic carbocycles. The molecule has 0 aromatic carbocycles. The predicted molar refractivity (Wildman–Crippen MR) is 102 cm³/mol. The van der Waals surface area contributed by atoms with Gasteiger partial charge in [0.25, 0.3) is 6.43 Å². The lowest BCUT2D eigenvalue weighted by molar-refractivity contribution is 0.134. The maximum absolute atomic E-state index is 13.6. The molecule has 3 heterocycles. The SMILES string of the molecule is CC(C)CC(C)(N)COc1ccc(-c2c[nH]c3ncc(F)cc23)nc1C(F)F. The first kappa shape index (κ1) is 20.1. The van der Waals surface area contributed by atoms with Crippen LogP contribution in [0.1, 0.15) is 39.3 Å². The molecule has 28 heavy (non-hydrogen) atoms. The molecule has 150 valence electrons. The number of alkyl halides is 2. The van der Waals surface area contributed by atoms with E-state index in [2.05, 4.69) is 15.0 Å². The molecule has 0 bridgehead atoms. The smallest absolute Gasteiger partial charge is 0.284 e. The van der Waals surface area contributed by atoms with Gasteiger partial charge in [0.1, 0.15) is 29.5 Å². The summed E-state index contributed by atoms with van der Waals surface area (Å²) in [5.41, 5.74) is 6.28. The highest BCUT2D eigenvalue weighted by molar-refractivity contribution is 5.92. The van der Waals surface area contributed by atoms with Crippen LogP contribution >= 0.6 is 0 Å². The monoisotopic (exact) mass is 392 g/mol. The summed E-state index contributed by atoms with van der Waals surface area (Å²) in [4.78, 5) is 10.9. The van der Waals surface area contributed by atoms with E-state index in [1.807, 2.05) is 20.8 Å². The van der Waals surface area contributed by atoms with Crippen LogP contribution in [0.5, 0.6) is 5.75 Å². The van der Waals surface area contributed by atoms with Crippen LogP contribution in [-0.2, 0) is 0 Å². The number of nitrogens with two attached hydrogens (primary N) is 1. The summed E-state index contributed by atoms with van der Waals surface area (Å²) in [5.74, 6) is -0.178. The molecule has 3 aromatic rings. The predicted octanol–water partition coefficient (Wildman–Crippen LogP) is 4.84. The van der Waals surface area contributed by atoms with Gasteiger partial charge >= 0.3 is 0 Å². The van der Waals surface area contributed by atoms with E-state index in [1.54, 1.807) is 12.3 Å². The number of nitrogens with zero attached hydrogens (tertiary/aromatic N) is 2. The fraction of sp³-hybridized carbons (Fsp3) is 0.400. The molecule has 1 unspecified atom stereocenters. The number of fused-ring (bicyclic) bond motifs is 1. The summed E-state index contributed by atoms with van der Waals surface area (Å²) >= 11 is 0. The lowest BCUT2D eigenvalue weighted by Crippen LogP contribution is -2.43. The van der Waals surface area contributed by atoms with Gasteiger partial charge in [0.15, 0.2) is 0 Å². The molecule has 0 aliphatic rings. The van der Waals surface area contributed by atoms with Crippen LogP contribution in [0.4, 0.5) is 13.2 Å². The molecule has 8 heteroatoms. The third-order valence-electron chi connectivity index (χ3n) is 4.30. The van der Waals surface area contributed by atoms with Crippen LogP contribution in [0.3, 0.4) is 0 Å². The first-order valence-corrected chi connectivity index (χ1v) is 9.00. The second-order valence-electron chi connectivity index (χ2n) is 7.67. The van der Waals surface area contributed by atoms with Gasteiger partial charge in [-0.15, -0.1) is 0 Å². The molecule has 1 atom stereocenters. The largest absolute Gasteiger partial charge is 0.490 e. The first-order chi connectivity index (χ1) is 13.2. The highest BCUT2D eigenvalue weighted by Gasteiger charge is 2.24. The van der Waals surface area contributed by atoms with Gasteiger partial charge in [0.2, 0.25) is 0 Å². The number of H-pyrrole nitrogens is 1. The molecule has 5 nitrogen and oxygen atoms in total. The zero-order valence-electron chi connectivity index (χ0n) is 16.0. The zero-order valence-corrected chi connectivity index (χ0v) is 16.0. The molecule has 3 N–H and O–H groups in total. The van der Waals surface area contributed by atoms with Crippen molar-refractivity contribution in [1.29, 1.82) is 0 Å². The van der Waals surface area contributed by atoms with Gasteiger partial charge in [-0.3, -0.25) is 0 Å². The summed E-state index contributed by atoms with van der Waals surface area (Å²) in [6.45, 7) is 5.98. The Morgan fingerprint density at radius 1 is 1.29 bits per heavy atom. The van der Waals surface area contributed by atoms with Crippen molar-refractivity contribution >= 4 is 11.0 Å². The number of hydrogen-bond donors (Lipinski definition) is 2. The molecular formula is C20H23F3N4O. The number of halogens is 3. The second-order valence-corrected chi connectivity index (χ2v) is 7.67. The number of ether oxygens (including phenoxy) is 1. The minimum absolute atomic E-state index is 0.0108. The van der Waals surface area contributed by atoms with E-state index >= 15 is 0 Å². The molecule has 0 spiro atoms. The zero-order chi connectivity index (χ0) is 20.5. The van der Waals surface area contributed by atoms with Gasteiger partial charge in [-0.25, -0.2) is 23.1 Å². The van der Waals surface area contributed by atoms with Crippen molar-refractivity contribution in [3.8, 4) is 17.0 Å². The Balaban J connectivity index is 1.92. The Hall–Kier alpha value is -2.61. The average Bonchev–Trinajstić information content (AvgIpc) is 3.01. The van der Waals surface area contributed by atoms with E-state index in [9.17, 15) is 13.2 Å². The molecule has 0 amide bonds. The van der Waals surface area contributed by atoms with Crippen molar-refractivity contribution in [2.75, 3.05) is 6.61 Å². The van der Waals surface area contributed by atoms with E-state index in [-0.39, 0.29) is 18.1 Å². The molecule has 0 saturated carbocycles. The van der Waals surface area contributed by atoms with Crippen molar-refractivity contribution in [2.24, 2.45) is 11.7 Å². The van der Waals surface area contributed by atoms with Crippen LogP contribution in [0.25, 0.3) is 22.3 Å². The fourth-order valence-electron chi connectivity index (χ4n) is 3.31. The number of pyridine rings is 2. The van der Waals surface area contributed by atoms with Crippen molar-refractivity contribution in [2.45, 2.75) is 39.2 Å². The van der Waals surface area contributed by atoms with Crippen LogP contribution in [0.2, 0.25) is 0 Å². The highest BCUT2D eigenvalue weighted by Crippen LogP contribution is 2.33. The molecular weight excluding hydrogens is 369 g/mol. The molecule has 3 aromatic heterocycles. The van der Waals surface area contributed by atoms with Gasteiger partial charge in [0.05, 0.1) is 11.9 Å². The molecule has 0 aliphatic heterocycles. The number of nitrogens with one attached hydrogen (secondary N) is 1. The topological polar surface area (TPSA) is 76.8 Å². The molecule has 3 rings (SSSR count). The minimum atomic E-state index is -2.83. The Bertz CT molecular complexity index is 969. The third kappa shape index (κ3) is 4.44. The van der Waals surface area contributed by atoms with Gasteiger partial charge < -0.3 is 15.5 Å². The van der Waals surface area contributed by atoms with E-state index in [4.69, 9.17) is 10.5 Å². The lowest BCUT2D eigenvalue weighted by atomic mass is 9.93. The van der Waals surface area contributed by atoms with E-state index in [0.29, 0.717) is 28.9 Å². The molecule has 0 fully saturated rings. The maximum atomic E-state index is 13.6. The number of hydrogen-bond acceptors (Lipinski definition) is 4. The summed E-state index contributed by atoms with van der Waals surface area (Å²) in [6.07, 6.45) is 0.508. The second kappa shape index (κ2) is 7.79. The van der Waals surface area contributed by atoms with Crippen molar-refractivity contribution < 1.29 is 17.9 Å². The molecule has 0 saturated heterocycles. The van der Waals surface area contributed by atoms with Crippen LogP contribution < -0.4 is 10.5 Å². The van der Waals surface area contributed by atoms with Crippen LogP contribution in [-0.4, -0.2) is 27.1 Å². The average molecular weight is 392 g/mol. The number of aromatic nitrogens is 3. The molecule has 0 radical (unpaired) electrons. The van der Waals surface area contributed by atoms with Crippen molar-refractivity contribution in [1.82, 2.24) is 15.0 Å². The first-order valence-electron chi connectivity index (χ1n) is 9.00. The van der Waals surface area contributed by atoms with Crippen LogP contribution in [0.15, 0.2) is 30.6 Å². The van der Waals surface area contributed by atoms with Gasteiger partial charge in [0, 0.05) is 22.7 Å². The lowest BCUT2D eigenvalue weighted by Gasteiger charge is -2.27. The summed E-state index contributed by atoms with van der Waals surface area (Å²) in [7, 11) is 0. The number of aromatic amines is 1. The summed E-state index contributed by atoms with van der Waals surface area (Å²) < 4.78 is 46.3.